The lowest BCUT2D eigenvalue weighted by Crippen LogP contribution is -2.33. The van der Waals surface area contributed by atoms with Crippen LogP contribution in [0.1, 0.15) is 33.9 Å². The zero-order valence-corrected chi connectivity index (χ0v) is 18.3. The number of aryl methyl sites for hydroxylation is 2. The van der Waals surface area contributed by atoms with Gasteiger partial charge in [-0.3, -0.25) is 4.79 Å². The number of benzene rings is 2. The Labute approximate surface area is 185 Å². The molecule has 0 aliphatic rings. The van der Waals surface area contributed by atoms with Crippen molar-refractivity contribution in [3.8, 4) is 0 Å². The summed E-state index contributed by atoms with van der Waals surface area (Å²) in [5.74, 6) is -0.998. The van der Waals surface area contributed by atoms with Crippen LogP contribution in [0.2, 0.25) is 0 Å². The summed E-state index contributed by atoms with van der Waals surface area (Å²) >= 11 is 0. The standard InChI is InChI=1S/C25H25NO6/c1-16-24(17(2)32-26-16)25(28,30-15-18-7-5-4-6-8-18)14-21-13-20-11-19(12-23(27)29-3)9-10-22(20)31-21/h4-11,13,28H,12,14-15H2,1-3H3. The molecule has 4 aromatic rings. The van der Waals surface area contributed by atoms with E-state index in [4.69, 9.17) is 18.4 Å². The molecule has 0 aliphatic carbocycles. The highest BCUT2D eigenvalue weighted by Gasteiger charge is 2.38. The van der Waals surface area contributed by atoms with Crippen LogP contribution in [0.25, 0.3) is 11.0 Å². The average Bonchev–Trinajstić information content (AvgIpc) is 3.34. The van der Waals surface area contributed by atoms with Gasteiger partial charge in [0.25, 0.3) is 0 Å². The summed E-state index contributed by atoms with van der Waals surface area (Å²) < 4.78 is 22.0. The van der Waals surface area contributed by atoms with Gasteiger partial charge in [-0.1, -0.05) is 41.6 Å². The van der Waals surface area contributed by atoms with Crippen LogP contribution in [-0.4, -0.2) is 23.3 Å². The van der Waals surface area contributed by atoms with Gasteiger partial charge in [-0.25, -0.2) is 0 Å². The number of methoxy groups -OCH3 is 1. The second-order valence-electron chi connectivity index (χ2n) is 7.77. The fourth-order valence-electron chi connectivity index (χ4n) is 3.85. The van der Waals surface area contributed by atoms with Crippen molar-refractivity contribution in [1.82, 2.24) is 5.16 Å². The molecule has 0 spiro atoms. The SMILES string of the molecule is COC(=O)Cc1ccc2oc(CC(O)(OCc3ccccc3)c3c(C)noc3C)cc2c1. The van der Waals surface area contributed by atoms with Crippen LogP contribution in [-0.2, 0) is 39.5 Å². The second-order valence-corrected chi connectivity index (χ2v) is 7.77. The van der Waals surface area contributed by atoms with E-state index in [0.29, 0.717) is 28.4 Å². The van der Waals surface area contributed by atoms with E-state index in [-0.39, 0.29) is 25.4 Å². The van der Waals surface area contributed by atoms with Crippen LogP contribution in [0.5, 0.6) is 0 Å². The summed E-state index contributed by atoms with van der Waals surface area (Å²) in [7, 11) is 1.36. The number of aromatic nitrogens is 1. The predicted octanol–water partition coefficient (Wildman–Crippen LogP) is 4.36. The van der Waals surface area contributed by atoms with Gasteiger partial charge in [0, 0.05) is 5.39 Å². The van der Waals surface area contributed by atoms with E-state index in [1.54, 1.807) is 19.9 Å². The van der Waals surface area contributed by atoms with Gasteiger partial charge in [-0.2, -0.15) is 0 Å². The summed E-state index contributed by atoms with van der Waals surface area (Å²) in [5, 5.41) is 16.4. The molecule has 2 aromatic carbocycles. The van der Waals surface area contributed by atoms with Gasteiger partial charge >= 0.3 is 5.97 Å². The summed E-state index contributed by atoms with van der Waals surface area (Å²) in [4.78, 5) is 11.6. The van der Waals surface area contributed by atoms with Gasteiger partial charge in [0.15, 0.2) is 0 Å². The highest BCUT2D eigenvalue weighted by atomic mass is 16.6. The van der Waals surface area contributed by atoms with Crippen molar-refractivity contribution in [2.45, 2.75) is 39.1 Å². The number of rotatable bonds is 8. The molecule has 7 heteroatoms. The molecular weight excluding hydrogens is 410 g/mol. The number of ether oxygens (including phenoxy) is 2. The molecule has 0 saturated heterocycles. The van der Waals surface area contributed by atoms with Gasteiger partial charge in [0.2, 0.25) is 5.79 Å². The zero-order chi connectivity index (χ0) is 22.7. The van der Waals surface area contributed by atoms with Crippen molar-refractivity contribution in [2.24, 2.45) is 0 Å². The Kier molecular flexibility index (Phi) is 6.12. The van der Waals surface area contributed by atoms with Crippen LogP contribution in [0, 0.1) is 13.8 Å². The highest BCUT2D eigenvalue weighted by molar-refractivity contribution is 5.81. The van der Waals surface area contributed by atoms with E-state index >= 15 is 0 Å². The molecule has 1 N–H and O–H groups in total. The Morgan fingerprint density at radius 2 is 1.88 bits per heavy atom. The van der Waals surface area contributed by atoms with Gasteiger partial charge in [0.1, 0.15) is 17.1 Å². The molecule has 32 heavy (non-hydrogen) atoms. The molecule has 4 rings (SSSR count). The first kappa shape index (κ1) is 21.8. The third-order valence-electron chi connectivity index (χ3n) is 5.37. The van der Waals surface area contributed by atoms with Crippen LogP contribution in [0.4, 0.5) is 0 Å². The van der Waals surface area contributed by atoms with E-state index in [0.717, 1.165) is 16.5 Å². The van der Waals surface area contributed by atoms with E-state index in [1.165, 1.54) is 7.11 Å². The Hall–Kier alpha value is -3.42. The van der Waals surface area contributed by atoms with Crippen LogP contribution in [0.15, 0.2) is 63.5 Å². The van der Waals surface area contributed by atoms with Crippen LogP contribution in [0.3, 0.4) is 0 Å². The number of carbonyl (C=O) groups excluding carboxylic acids is 1. The first-order chi connectivity index (χ1) is 15.4. The molecule has 0 saturated carbocycles. The lowest BCUT2D eigenvalue weighted by atomic mass is 9.99. The fourth-order valence-corrected chi connectivity index (χ4v) is 3.85. The third kappa shape index (κ3) is 4.59. The van der Waals surface area contributed by atoms with Crippen LogP contribution >= 0.6 is 0 Å². The number of hydrogen-bond donors (Lipinski definition) is 1. The van der Waals surface area contributed by atoms with E-state index in [9.17, 15) is 9.90 Å². The first-order valence-electron chi connectivity index (χ1n) is 10.3. The third-order valence-corrected chi connectivity index (χ3v) is 5.37. The van der Waals surface area contributed by atoms with Gasteiger partial charge < -0.3 is 23.5 Å². The minimum absolute atomic E-state index is 0.0593. The molecule has 2 heterocycles. The van der Waals surface area contributed by atoms with E-state index in [2.05, 4.69) is 5.16 Å². The summed E-state index contributed by atoms with van der Waals surface area (Å²) in [6.45, 7) is 3.70. The molecule has 0 bridgehead atoms. The number of hydrogen-bond acceptors (Lipinski definition) is 7. The quantitative estimate of drug-likeness (QED) is 0.325. The molecule has 0 aliphatic heterocycles. The molecule has 166 valence electrons. The smallest absolute Gasteiger partial charge is 0.309 e. The molecule has 1 atom stereocenters. The summed E-state index contributed by atoms with van der Waals surface area (Å²) in [6.07, 6.45) is 0.236. The Morgan fingerprint density at radius 3 is 2.56 bits per heavy atom. The largest absolute Gasteiger partial charge is 0.469 e. The van der Waals surface area contributed by atoms with Crippen molar-refractivity contribution in [1.29, 1.82) is 0 Å². The minimum Gasteiger partial charge on any atom is -0.469 e. The normalized spacial score (nSPS) is 13.2. The number of aliphatic hydroxyl groups is 1. The maximum absolute atomic E-state index is 11.6. The van der Waals surface area contributed by atoms with Gasteiger partial charge in [-0.05, 0) is 43.2 Å². The van der Waals surface area contributed by atoms with Crippen molar-refractivity contribution in [2.75, 3.05) is 7.11 Å². The molecule has 1 unspecified atom stereocenters. The monoisotopic (exact) mass is 435 g/mol. The molecule has 2 aromatic heterocycles. The maximum atomic E-state index is 11.6. The lowest BCUT2D eigenvalue weighted by molar-refractivity contribution is -0.222. The maximum Gasteiger partial charge on any atom is 0.309 e. The Bertz CT molecular complexity index is 1210. The summed E-state index contributed by atoms with van der Waals surface area (Å²) in [5.41, 5.74) is 3.43. The van der Waals surface area contributed by atoms with E-state index < -0.39 is 5.79 Å². The number of furan rings is 1. The minimum atomic E-state index is -1.70. The molecular formula is C25H25NO6. The first-order valence-corrected chi connectivity index (χ1v) is 10.3. The molecule has 7 nitrogen and oxygen atoms in total. The average molecular weight is 435 g/mol. The highest BCUT2D eigenvalue weighted by Crippen LogP contribution is 2.35. The number of nitrogens with zero attached hydrogens (tertiary/aromatic N) is 1. The second kappa shape index (κ2) is 8.98. The van der Waals surface area contributed by atoms with Crippen LogP contribution < -0.4 is 0 Å². The predicted molar refractivity (Wildman–Crippen MR) is 117 cm³/mol. The number of fused-ring (bicyclic) bond motifs is 1. The zero-order valence-electron chi connectivity index (χ0n) is 18.3. The lowest BCUT2D eigenvalue weighted by Gasteiger charge is -2.27. The van der Waals surface area contributed by atoms with Gasteiger partial charge in [-0.15, -0.1) is 0 Å². The molecule has 0 amide bonds. The topological polar surface area (TPSA) is 94.9 Å². The van der Waals surface area contributed by atoms with Crippen molar-refractivity contribution in [3.63, 3.8) is 0 Å². The van der Waals surface area contributed by atoms with Crippen molar-refractivity contribution < 1.29 is 28.3 Å². The van der Waals surface area contributed by atoms with Crippen molar-refractivity contribution >= 4 is 16.9 Å². The van der Waals surface area contributed by atoms with E-state index in [1.807, 2.05) is 48.5 Å². The number of esters is 1. The number of carbonyl (C=O) groups is 1. The van der Waals surface area contributed by atoms with Crippen molar-refractivity contribution in [3.05, 3.63) is 88.5 Å². The Balaban J connectivity index is 1.64. The fraction of sp³-hybridized carbons (Fsp3) is 0.280. The molecule has 0 radical (unpaired) electrons. The van der Waals surface area contributed by atoms with Gasteiger partial charge in [0.05, 0.1) is 37.8 Å². The molecule has 0 fully saturated rings. The summed E-state index contributed by atoms with van der Waals surface area (Å²) in [6, 6.07) is 16.9. The Morgan fingerprint density at radius 1 is 1.09 bits per heavy atom.